The summed E-state index contributed by atoms with van der Waals surface area (Å²) in [5, 5.41) is 14.1. The summed E-state index contributed by atoms with van der Waals surface area (Å²) in [5.74, 6) is -0.934. The van der Waals surface area contributed by atoms with Gasteiger partial charge in [-0.05, 0) is 36.5 Å². The lowest BCUT2D eigenvalue weighted by Crippen LogP contribution is -2.24. The van der Waals surface area contributed by atoms with Crippen molar-refractivity contribution in [3.05, 3.63) is 68.7 Å². The lowest BCUT2D eigenvalue weighted by molar-refractivity contribution is -0.142. The number of thiophene rings is 1. The number of nitrogens with zero attached hydrogens (tertiary/aromatic N) is 4. The molecule has 5 aromatic rings. The lowest BCUT2D eigenvalue weighted by Gasteiger charge is -2.13. The van der Waals surface area contributed by atoms with Crippen molar-refractivity contribution in [2.24, 2.45) is 0 Å². The van der Waals surface area contributed by atoms with E-state index in [9.17, 15) is 27.5 Å². The summed E-state index contributed by atoms with van der Waals surface area (Å²) >= 11 is 7.07. The van der Waals surface area contributed by atoms with Crippen LogP contribution in [0, 0.1) is 5.82 Å². The molecule has 184 valence electrons. The molecule has 36 heavy (non-hydrogen) atoms. The van der Waals surface area contributed by atoms with E-state index in [2.05, 4.69) is 15.1 Å². The monoisotopic (exact) mass is 536 g/mol. The molecule has 1 aliphatic carbocycles. The molecule has 0 bridgehead atoms. The van der Waals surface area contributed by atoms with Gasteiger partial charge in [0, 0.05) is 11.5 Å². The summed E-state index contributed by atoms with van der Waals surface area (Å²) in [6.45, 7) is -0.430. The maximum absolute atomic E-state index is 14.0. The van der Waals surface area contributed by atoms with Gasteiger partial charge in [-0.2, -0.15) is 13.2 Å². The molecule has 0 spiro atoms. The molecule has 1 aliphatic rings. The van der Waals surface area contributed by atoms with Crippen LogP contribution in [0.1, 0.15) is 35.8 Å². The first kappa shape index (κ1) is 22.9. The third-order valence-corrected chi connectivity index (χ3v) is 7.37. The molecule has 1 fully saturated rings. The number of benzene rings is 1. The minimum Gasteiger partial charge on any atom is -0.505 e. The Morgan fingerprint density at radius 2 is 2.03 bits per heavy atom. The SMILES string of the molecule is O=c1c2c(nc(-c3ncc(F)cc3C3CC3)n1Cc1cc(C(F)(F)F)no1)sc1c(O)c(Cl)ccc12. The van der Waals surface area contributed by atoms with Gasteiger partial charge < -0.3 is 9.63 Å². The van der Waals surface area contributed by atoms with Gasteiger partial charge in [0.05, 0.1) is 27.9 Å². The van der Waals surface area contributed by atoms with Crippen LogP contribution in [0.4, 0.5) is 17.6 Å². The number of rotatable bonds is 4. The molecule has 1 aromatic carbocycles. The van der Waals surface area contributed by atoms with Crippen molar-refractivity contribution in [1.29, 1.82) is 0 Å². The fraction of sp³-hybridized carbons (Fsp3) is 0.217. The molecule has 1 N–H and O–H groups in total. The number of hydrogen-bond acceptors (Lipinski definition) is 7. The number of aromatic nitrogens is 4. The van der Waals surface area contributed by atoms with Crippen molar-refractivity contribution in [3.8, 4) is 17.3 Å². The highest BCUT2D eigenvalue weighted by Crippen LogP contribution is 2.45. The molecule has 7 nitrogen and oxygen atoms in total. The van der Waals surface area contributed by atoms with Gasteiger partial charge in [-0.25, -0.2) is 14.4 Å². The largest absolute Gasteiger partial charge is 0.505 e. The second-order valence-corrected chi connectivity index (χ2v) is 9.83. The average Bonchev–Trinajstić information content (AvgIpc) is 3.43. The van der Waals surface area contributed by atoms with Crippen molar-refractivity contribution in [2.75, 3.05) is 0 Å². The van der Waals surface area contributed by atoms with Gasteiger partial charge >= 0.3 is 6.18 Å². The van der Waals surface area contributed by atoms with Gasteiger partial charge in [-0.3, -0.25) is 9.36 Å². The average molecular weight is 537 g/mol. The van der Waals surface area contributed by atoms with Crippen LogP contribution in [-0.4, -0.2) is 24.8 Å². The quantitative estimate of drug-likeness (QED) is 0.279. The fourth-order valence-electron chi connectivity index (χ4n) is 4.14. The van der Waals surface area contributed by atoms with Crippen molar-refractivity contribution < 1.29 is 27.2 Å². The van der Waals surface area contributed by atoms with Crippen LogP contribution >= 0.6 is 22.9 Å². The minimum absolute atomic E-state index is 0.0246. The van der Waals surface area contributed by atoms with E-state index in [0.29, 0.717) is 21.7 Å². The van der Waals surface area contributed by atoms with E-state index in [1.165, 1.54) is 12.1 Å². The Morgan fingerprint density at radius 3 is 2.72 bits per heavy atom. The maximum Gasteiger partial charge on any atom is 0.436 e. The third kappa shape index (κ3) is 3.71. The molecule has 4 heterocycles. The molecule has 0 saturated heterocycles. The zero-order chi connectivity index (χ0) is 25.4. The Hall–Kier alpha value is -3.51. The van der Waals surface area contributed by atoms with Gasteiger partial charge in [0.25, 0.3) is 5.56 Å². The van der Waals surface area contributed by atoms with E-state index in [1.807, 2.05) is 0 Å². The number of phenols is 1. The predicted molar refractivity (Wildman–Crippen MR) is 124 cm³/mol. The van der Waals surface area contributed by atoms with E-state index >= 15 is 0 Å². The standard InChI is InChI=1S/C23H13ClF4N4O3S/c24-14-4-3-12-16-21(36-19(12)18(14)33)30-20(17-13(9-1-2-9)5-10(25)7-29-17)32(22(16)34)8-11-6-15(31-35-11)23(26,27)28/h3-7,9,33H,1-2,8H2. The molecule has 13 heteroatoms. The second kappa shape index (κ2) is 8.00. The summed E-state index contributed by atoms with van der Waals surface area (Å²) in [4.78, 5) is 22.9. The number of fused-ring (bicyclic) bond motifs is 3. The first-order chi connectivity index (χ1) is 17.1. The Bertz CT molecular complexity index is 1740. The Morgan fingerprint density at radius 1 is 1.25 bits per heavy atom. The van der Waals surface area contributed by atoms with Gasteiger partial charge in [0.15, 0.2) is 23.0 Å². The molecular formula is C23H13ClF4N4O3S. The Labute approximate surface area is 207 Å². The molecule has 0 radical (unpaired) electrons. The topological polar surface area (TPSA) is 94.0 Å². The highest BCUT2D eigenvalue weighted by Gasteiger charge is 2.35. The van der Waals surface area contributed by atoms with E-state index < -0.39 is 29.8 Å². The van der Waals surface area contributed by atoms with E-state index in [1.54, 1.807) is 6.07 Å². The summed E-state index contributed by atoms with van der Waals surface area (Å²) in [6.07, 6.45) is -2.13. The molecule has 0 aliphatic heterocycles. The number of phenolic OH excluding ortho intramolecular Hbond substituents is 1. The van der Waals surface area contributed by atoms with Crippen LogP contribution < -0.4 is 5.56 Å². The van der Waals surface area contributed by atoms with Gasteiger partial charge in [-0.15, -0.1) is 11.3 Å². The number of pyridine rings is 1. The molecule has 0 unspecified atom stereocenters. The number of halogens is 5. The first-order valence-electron chi connectivity index (χ1n) is 10.6. The second-order valence-electron chi connectivity index (χ2n) is 8.42. The zero-order valence-electron chi connectivity index (χ0n) is 17.9. The highest BCUT2D eigenvalue weighted by molar-refractivity contribution is 7.25. The maximum atomic E-state index is 14.0. The summed E-state index contributed by atoms with van der Waals surface area (Å²) in [5.41, 5.74) is -1.04. The third-order valence-electron chi connectivity index (χ3n) is 5.96. The Kier molecular flexibility index (Phi) is 5.09. The molecule has 1 saturated carbocycles. The van der Waals surface area contributed by atoms with Crippen LogP contribution in [0.5, 0.6) is 5.75 Å². The predicted octanol–water partition coefficient (Wildman–Crippen LogP) is 6.10. The van der Waals surface area contributed by atoms with Gasteiger partial charge in [0.2, 0.25) is 0 Å². The number of aromatic hydroxyl groups is 1. The molecule has 0 amide bonds. The zero-order valence-corrected chi connectivity index (χ0v) is 19.5. The first-order valence-corrected chi connectivity index (χ1v) is 11.8. The van der Waals surface area contributed by atoms with E-state index in [0.717, 1.165) is 34.9 Å². The fourth-order valence-corrected chi connectivity index (χ4v) is 5.46. The Balaban J connectivity index is 1.64. The smallest absolute Gasteiger partial charge is 0.436 e. The number of hydrogen-bond donors (Lipinski definition) is 1. The molecule has 0 atom stereocenters. The van der Waals surface area contributed by atoms with Crippen LogP contribution in [-0.2, 0) is 12.7 Å². The van der Waals surface area contributed by atoms with Crippen LogP contribution in [0.3, 0.4) is 0 Å². The number of alkyl halides is 3. The minimum atomic E-state index is -4.73. The van der Waals surface area contributed by atoms with Crippen LogP contribution in [0.15, 0.2) is 39.8 Å². The van der Waals surface area contributed by atoms with E-state index in [-0.39, 0.29) is 44.2 Å². The van der Waals surface area contributed by atoms with Gasteiger partial charge in [0.1, 0.15) is 16.3 Å². The van der Waals surface area contributed by atoms with Crippen molar-refractivity contribution >= 4 is 43.2 Å². The summed E-state index contributed by atoms with van der Waals surface area (Å²) < 4.78 is 59.6. The van der Waals surface area contributed by atoms with Crippen molar-refractivity contribution in [3.63, 3.8) is 0 Å². The van der Waals surface area contributed by atoms with Crippen LogP contribution in [0.2, 0.25) is 5.02 Å². The molecular weight excluding hydrogens is 524 g/mol. The van der Waals surface area contributed by atoms with Crippen molar-refractivity contribution in [1.82, 2.24) is 19.7 Å². The van der Waals surface area contributed by atoms with Gasteiger partial charge in [-0.1, -0.05) is 22.8 Å². The molecule has 4 aromatic heterocycles. The molecule has 6 rings (SSSR count). The van der Waals surface area contributed by atoms with Crippen molar-refractivity contribution in [2.45, 2.75) is 31.5 Å². The summed E-state index contributed by atoms with van der Waals surface area (Å²) in [7, 11) is 0. The lowest BCUT2D eigenvalue weighted by atomic mass is 10.1. The summed E-state index contributed by atoms with van der Waals surface area (Å²) in [6, 6.07) is 5.03. The highest BCUT2D eigenvalue weighted by atomic mass is 35.5. The normalized spacial score (nSPS) is 14.2. The van der Waals surface area contributed by atoms with Crippen LogP contribution in [0.25, 0.3) is 31.8 Å². The van der Waals surface area contributed by atoms with E-state index in [4.69, 9.17) is 16.1 Å².